The number of aryl methyl sites for hydroxylation is 1. The maximum absolute atomic E-state index is 14.5. The van der Waals surface area contributed by atoms with E-state index in [1.165, 1.54) is 6.07 Å². The van der Waals surface area contributed by atoms with Crippen molar-refractivity contribution in [1.29, 1.82) is 0 Å². The van der Waals surface area contributed by atoms with Gasteiger partial charge in [-0.15, -0.1) is 10.2 Å². The summed E-state index contributed by atoms with van der Waals surface area (Å²) < 4.78 is 25.9. The summed E-state index contributed by atoms with van der Waals surface area (Å²) in [6.07, 6.45) is 0. The Morgan fingerprint density at radius 1 is 1.00 bits per heavy atom. The maximum Gasteiger partial charge on any atom is 0.258 e. The van der Waals surface area contributed by atoms with Gasteiger partial charge >= 0.3 is 0 Å². The summed E-state index contributed by atoms with van der Waals surface area (Å²) in [5.41, 5.74) is 1.85. The molecule has 1 N–H and O–H groups in total. The Balaban J connectivity index is 1.57. The third kappa shape index (κ3) is 4.78. The van der Waals surface area contributed by atoms with Gasteiger partial charge in [-0.25, -0.2) is 4.39 Å². The van der Waals surface area contributed by atoms with E-state index in [1.807, 2.05) is 55.5 Å². The van der Waals surface area contributed by atoms with Crippen molar-refractivity contribution in [3.05, 3.63) is 102 Å². The van der Waals surface area contributed by atoms with Crippen molar-refractivity contribution in [1.82, 2.24) is 15.5 Å². The normalized spacial score (nSPS) is 11.7. The lowest BCUT2D eigenvalue weighted by Gasteiger charge is -2.17. The first-order valence-corrected chi connectivity index (χ1v) is 9.73. The summed E-state index contributed by atoms with van der Waals surface area (Å²) in [4.78, 5) is 12.6. The van der Waals surface area contributed by atoms with Crippen molar-refractivity contribution in [3.63, 3.8) is 0 Å². The van der Waals surface area contributed by atoms with Crippen molar-refractivity contribution >= 4 is 5.91 Å². The van der Waals surface area contributed by atoms with E-state index >= 15 is 0 Å². The van der Waals surface area contributed by atoms with Gasteiger partial charge in [-0.05, 0) is 36.8 Å². The maximum atomic E-state index is 14.5. The number of amides is 1. The molecule has 0 aliphatic carbocycles. The molecule has 0 bridgehead atoms. The molecule has 1 amide bonds. The molecule has 4 rings (SSSR count). The number of ether oxygens (including phenoxy) is 1. The Bertz CT molecular complexity index is 1180. The number of carbonyl (C=O) groups excluding carboxylic acids is 1. The lowest BCUT2D eigenvalue weighted by molar-refractivity contribution is -0.123. The quantitative estimate of drug-likeness (QED) is 0.480. The standard InChI is InChI=1S/C24H20FN3O3/c1-16-9-5-8-14-20(16)30-15-21(29)26-22(18-12-6-7-13-19(18)25)24-28-27-23(31-24)17-10-3-2-4-11-17/h2-14,22H,15H2,1H3,(H,26,29)/t22-/m1/s1. The number of benzene rings is 3. The second kappa shape index (κ2) is 9.21. The molecule has 0 radical (unpaired) electrons. The molecule has 1 aromatic heterocycles. The van der Waals surface area contributed by atoms with Gasteiger partial charge in [0.1, 0.15) is 17.6 Å². The third-order valence-electron chi connectivity index (χ3n) is 4.68. The van der Waals surface area contributed by atoms with Gasteiger partial charge in [0.15, 0.2) is 6.61 Å². The number of hydrogen-bond acceptors (Lipinski definition) is 5. The first-order chi connectivity index (χ1) is 15.1. The van der Waals surface area contributed by atoms with E-state index < -0.39 is 17.8 Å². The van der Waals surface area contributed by atoms with Crippen molar-refractivity contribution in [2.75, 3.05) is 6.61 Å². The summed E-state index contributed by atoms with van der Waals surface area (Å²) >= 11 is 0. The van der Waals surface area contributed by atoms with E-state index in [-0.39, 0.29) is 24.0 Å². The Labute approximate surface area is 178 Å². The van der Waals surface area contributed by atoms with Crippen LogP contribution in [0.2, 0.25) is 0 Å². The fourth-order valence-corrected chi connectivity index (χ4v) is 3.09. The Morgan fingerprint density at radius 3 is 2.48 bits per heavy atom. The van der Waals surface area contributed by atoms with Crippen LogP contribution in [0.15, 0.2) is 83.3 Å². The topological polar surface area (TPSA) is 77.2 Å². The summed E-state index contributed by atoms with van der Waals surface area (Å²) in [6.45, 7) is 1.65. The van der Waals surface area contributed by atoms with Crippen LogP contribution in [0, 0.1) is 12.7 Å². The van der Waals surface area contributed by atoms with Gasteiger partial charge in [0.25, 0.3) is 5.91 Å². The van der Waals surface area contributed by atoms with E-state index in [2.05, 4.69) is 15.5 Å². The molecule has 4 aromatic rings. The third-order valence-corrected chi connectivity index (χ3v) is 4.68. The Morgan fingerprint density at radius 2 is 1.71 bits per heavy atom. The van der Waals surface area contributed by atoms with Crippen LogP contribution in [0.3, 0.4) is 0 Å². The molecule has 0 aliphatic heterocycles. The molecule has 31 heavy (non-hydrogen) atoms. The molecule has 156 valence electrons. The summed E-state index contributed by atoms with van der Waals surface area (Å²) in [5.74, 6) is 0.0165. The average Bonchev–Trinajstić information content (AvgIpc) is 3.28. The molecule has 3 aromatic carbocycles. The number of hydrogen-bond donors (Lipinski definition) is 1. The van der Waals surface area contributed by atoms with E-state index in [1.54, 1.807) is 24.3 Å². The van der Waals surface area contributed by atoms with Crippen LogP contribution in [0.1, 0.15) is 23.1 Å². The number of carbonyl (C=O) groups is 1. The van der Waals surface area contributed by atoms with Gasteiger partial charge in [0.2, 0.25) is 11.8 Å². The van der Waals surface area contributed by atoms with Crippen molar-refractivity contribution in [2.24, 2.45) is 0 Å². The average molecular weight is 417 g/mol. The number of para-hydroxylation sites is 1. The molecule has 0 spiro atoms. The van der Waals surface area contributed by atoms with E-state index in [9.17, 15) is 9.18 Å². The minimum Gasteiger partial charge on any atom is -0.484 e. The van der Waals surface area contributed by atoms with Crippen molar-refractivity contribution in [2.45, 2.75) is 13.0 Å². The number of nitrogens with one attached hydrogen (secondary N) is 1. The van der Waals surface area contributed by atoms with Gasteiger partial charge in [0, 0.05) is 11.1 Å². The molecular weight excluding hydrogens is 397 g/mol. The van der Waals surface area contributed by atoms with Gasteiger partial charge in [-0.3, -0.25) is 4.79 Å². The smallest absolute Gasteiger partial charge is 0.258 e. The fourth-order valence-electron chi connectivity index (χ4n) is 3.09. The summed E-state index contributed by atoms with van der Waals surface area (Å²) in [7, 11) is 0. The van der Waals surface area contributed by atoms with Crippen molar-refractivity contribution < 1.29 is 18.3 Å². The van der Waals surface area contributed by atoms with E-state index in [0.29, 0.717) is 5.75 Å². The van der Waals surface area contributed by atoms with Gasteiger partial charge in [-0.1, -0.05) is 54.6 Å². The predicted molar refractivity (Wildman–Crippen MR) is 113 cm³/mol. The molecule has 0 unspecified atom stereocenters. The van der Waals surface area contributed by atoms with Crippen LogP contribution in [0.4, 0.5) is 4.39 Å². The molecule has 6 nitrogen and oxygen atoms in total. The minimum atomic E-state index is -0.959. The van der Waals surface area contributed by atoms with Crippen LogP contribution in [-0.4, -0.2) is 22.7 Å². The highest BCUT2D eigenvalue weighted by Gasteiger charge is 2.26. The second-order valence-electron chi connectivity index (χ2n) is 6.89. The zero-order valence-electron chi connectivity index (χ0n) is 16.8. The number of halogens is 1. The Hall–Kier alpha value is -4.00. The molecule has 7 heteroatoms. The number of aromatic nitrogens is 2. The van der Waals surface area contributed by atoms with Gasteiger partial charge in [-0.2, -0.15) is 0 Å². The molecule has 0 aliphatic rings. The first kappa shape index (κ1) is 20.3. The monoisotopic (exact) mass is 417 g/mol. The van der Waals surface area contributed by atoms with Crippen LogP contribution < -0.4 is 10.1 Å². The van der Waals surface area contributed by atoms with Crippen LogP contribution in [0.25, 0.3) is 11.5 Å². The van der Waals surface area contributed by atoms with E-state index in [4.69, 9.17) is 9.15 Å². The lowest BCUT2D eigenvalue weighted by atomic mass is 10.1. The fraction of sp³-hybridized carbons (Fsp3) is 0.125. The van der Waals surface area contributed by atoms with E-state index in [0.717, 1.165) is 11.1 Å². The highest BCUT2D eigenvalue weighted by molar-refractivity contribution is 5.78. The second-order valence-corrected chi connectivity index (χ2v) is 6.89. The van der Waals surface area contributed by atoms with Crippen LogP contribution in [-0.2, 0) is 4.79 Å². The molecule has 1 heterocycles. The SMILES string of the molecule is Cc1ccccc1OCC(=O)N[C@@H](c1nnc(-c2ccccc2)o1)c1ccccc1F. The molecular formula is C24H20FN3O3. The van der Waals surface area contributed by atoms with Crippen LogP contribution in [0.5, 0.6) is 5.75 Å². The first-order valence-electron chi connectivity index (χ1n) is 9.73. The molecule has 0 saturated carbocycles. The summed E-state index contributed by atoms with van der Waals surface area (Å²) in [5, 5.41) is 10.9. The zero-order valence-corrected chi connectivity index (χ0v) is 16.8. The Kier molecular flexibility index (Phi) is 6.03. The van der Waals surface area contributed by atoms with Crippen LogP contribution >= 0.6 is 0 Å². The molecule has 0 fully saturated rings. The lowest BCUT2D eigenvalue weighted by Crippen LogP contribution is -2.34. The largest absolute Gasteiger partial charge is 0.484 e. The highest BCUT2D eigenvalue weighted by Crippen LogP contribution is 2.26. The highest BCUT2D eigenvalue weighted by atomic mass is 19.1. The van der Waals surface area contributed by atoms with Crippen molar-refractivity contribution in [3.8, 4) is 17.2 Å². The number of nitrogens with zero attached hydrogens (tertiary/aromatic N) is 2. The van der Waals surface area contributed by atoms with Gasteiger partial charge in [0.05, 0.1) is 0 Å². The minimum absolute atomic E-state index is 0.0770. The molecule has 1 atom stereocenters. The predicted octanol–water partition coefficient (Wildman–Crippen LogP) is 4.47. The van der Waals surface area contributed by atoms with Gasteiger partial charge < -0.3 is 14.5 Å². The summed E-state index contributed by atoms with van der Waals surface area (Å²) in [6, 6.07) is 21.8. The molecule has 0 saturated heterocycles. The number of rotatable bonds is 7. The zero-order chi connectivity index (χ0) is 21.6.